The van der Waals surface area contributed by atoms with Gasteiger partial charge in [-0.2, -0.15) is 0 Å². The highest BCUT2D eigenvalue weighted by molar-refractivity contribution is 6.09. The number of amides is 3. The normalized spacial score (nSPS) is 20.8. The van der Waals surface area contributed by atoms with Crippen LogP contribution in [0.4, 0.5) is 5.69 Å². The van der Waals surface area contributed by atoms with Crippen LogP contribution in [0.2, 0.25) is 0 Å². The van der Waals surface area contributed by atoms with Gasteiger partial charge in [-0.25, -0.2) is 0 Å². The fraction of sp³-hybridized carbons (Fsp3) is 0.318. The Bertz CT molecular complexity index is 937. The van der Waals surface area contributed by atoms with Gasteiger partial charge in [0.05, 0.1) is 0 Å². The first kappa shape index (κ1) is 18.2. The molecule has 1 atom stereocenters. The average molecular weight is 377 g/mol. The first-order valence-electron chi connectivity index (χ1n) is 9.49. The average Bonchev–Trinajstić information content (AvgIpc) is 3.52. The maximum Gasteiger partial charge on any atom is 0.246 e. The third-order valence-corrected chi connectivity index (χ3v) is 5.74. The summed E-state index contributed by atoms with van der Waals surface area (Å²) < 4.78 is 0. The van der Waals surface area contributed by atoms with Gasteiger partial charge in [-0.3, -0.25) is 14.4 Å². The van der Waals surface area contributed by atoms with Crippen LogP contribution in [0.25, 0.3) is 11.1 Å². The van der Waals surface area contributed by atoms with Crippen molar-refractivity contribution in [1.29, 1.82) is 0 Å². The van der Waals surface area contributed by atoms with Gasteiger partial charge in [0.15, 0.2) is 0 Å². The standard InChI is InChI=1S/C22H23N3O3/c1-15-13-25(18-9-5-8-17(12-18)16-6-3-2-4-7-16)19(26)14-24(15)21(28)22(10-11-22)20(23)27/h2-9,12,15H,10-11,13-14H2,1H3,(H2,23,27). The van der Waals surface area contributed by atoms with Crippen LogP contribution in [0.15, 0.2) is 54.6 Å². The second-order valence-corrected chi connectivity index (χ2v) is 7.65. The summed E-state index contributed by atoms with van der Waals surface area (Å²) in [6, 6.07) is 17.6. The predicted octanol–water partition coefficient (Wildman–Crippen LogP) is 2.18. The summed E-state index contributed by atoms with van der Waals surface area (Å²) in [6.07, 6.45) is 0.947. The lowest BCUT2D eigenvalue weighted by atomic mass is 10.0. The second kappa shape index (κ2) is 6.78. The summed E-state index contributed by atoms with van der Waals surface area (Å²) in [5.74, 6) is -1.05. The van der Waals surface area contributed by atoms with Crippen molar-refractivity contribution >= 4 is 23.4 Å². The molecule has 4 rings (SSSR count). The molecule has 2 aromatic rings. The van der Waals surface area contributed by atoms with E-state index in [4.69, 9.17) is 5.73 Å². The number of primary amides is 1. The number of carbonyl (C=O) groups is 3. The highest BCUT2D eigenvalue weighted by atomic mass is 16.2. The molecular formula is C22H23N3O3. The summed E-state index contributed by atoms with van der Waals surface area (Å²) in [5.41, 5.74) is 7.25. The number of hydrogen-bond acceptors (Lipinski definition) is 3. The molecule has 1 heterocycles. The molecule has 2 fully saturated rings. The van der Waals surface area contributed by atoms with Crippen LogP contribution >= 0.6 is 0 Å². The number of nitrogens with two attached hydrogens (primary N) is 1. The molecule has 2 aliphatic rings. The molecule has 3 amide bonds. The van der Waals surface area contributed by atoms with Crippen molar-refractivity contribution in [1.82, 2.24) is 4.90 Å². The van der Waals surface area contributed by atoms with Gasteiger partial charge in [-0.05, 0) is 43.0 Å². The second-order valence-electron chi connectivity index (χ2n) is 7.65. The van der Waals surface area contributed by atoms with Gasteiger partial charge in [0.25, 0.3) is 0 Å². The Hall–Kier alpha value is -3.15. The number of carbonyl (C=O) groups excluding carboxylic acids is 3. The van der Waals surface area contributed by atoms with Gasteiger partial charge in [0.1, 0.15) is 12.0 Å². The van der Waals surface area contributed by atoms with Crippen LogP contribution in [0.1, 0.15) is 19.8 Å². The molecule has 1 unspecified atom stereocenters. The van der Waals surface area contributed by atoms with E-state index >= 15 is 0 Å². The Morgan fingerprint density at radius 3 is 2.36 bits per heavy atom. The Labute approximate surface area is 163 Å². The zero-order chi connectivity index (χ0) is 19.9. The lowest BCUT2D eigenvalue weighted by Crippen LogP contribution is -2.59. The van der Waals surface area contributed by atoms with Gasteiger partial charge in [0.2, 0.25) is 17.7 Å². The Kier molecular flexibility index (Phi) is 4.41. The Morgan fingerprint density at radius 1 is 1.04 bits per heavy atom. The lowest BCUT2D eigenvalue weighted by Gasteiger charge is -2.40. The van der Waals surface area contributed by atoms with Gasteiger partial charge in [0, 0.05) is 18.3 Å². The minimum Gasteiger partial charge on any atom is -0.369 e. The molecule has 144 valence electrons. The van der Waals surface area contributed by atoms with Crippen LogP contribution in [-0.2, 0) is 14.4 Å². The summed E-state index contributed by atoms with van der Waals surface area (Å²) in [6.45, 7) is 2.25. The number of anilines is 1. The van der Waals surface area contributed by atoms with E-state index in [1.807, 2.05) is 61.5 Å². The van der Waals surface area contributed by atoms with Crippen molar-refractivity contribution in [3.05, 3.63) is 54.6 Å². The Morgan fingerprint density at radius 2 is 1.71 bits per heavy atom. The van der Waals surface area contributed by atoms with Gasteiger partial charge < -0.3 is 15.5 Å². The summed E-state index contributed by atoms with van der Waals surface area (Å²) in [7, 11) is 0. The zero-order valence-electron chi connectivity index (χ0n) is 15.8. The third kappa shape index (κ3) is 3.05. The quantitative estimate of drug-likeness (QED) is 0.829. The van der Waals surface area contributed by atoms with E-state index < -0.39 is 11.3 Å². The SMILES string of the molecule is CC1CN(c2cccc(-c3ccccc3)c2)C(=O)CN1C(=O)C1(C(N)=O)CC1. The molecule has 28 heavy (non-hydrogen) atoms. The number of piperazine rings is 1. The van der Waals surface area contributed by atoms with Crippen molar-refractivity contribution in [2.24, 2.45) is 11.1 Å². The minimum absolute atomic E-state index is 0.0371. The molecule has 1 saturated carbocycles. The van der Waals surface area contributed by atoms with E-state index in [0.717, 1.165) is 16.8 Å². The van der Waals surface area contributed by atoms with Gasteiger partial charge >= 0.3 is 0 Å². The van der Waals surface area contributed by atoms with Crippen molar-refractivity contribution in [3.8, 4) is 11.1 Å². The summed E-state index contributed by atoms with van der Waals surface area (Å²) in [4.78, 5) is 40.6. The van der Waals surface area contributed by atoms with E-state index in [2.05, 4.69) is 0 Å². The smallest absolute Gasteiger partial charge is 0.246 e. The van der Waals surface area contributed by atoms with Gasteiger partial charge in [-0.1, -0.05) is 42.5 Å². The monoisotopic (exact) mass is 377 g/mol. The van der Waals surface area contributed by atoms with E-state index in [-0.39, 0.29) is 24.4 Å². The fourth-order valence-corrected chi connectivity index (χ4v) is 3.82. The van der Waals surface area contributed by atoms with Crippen LogP contribution in [-0.4, -0.2) is 41.8 Å². The van der Waals surface area contributed by atoms with Crippen LogP contribution < -0.4 is 10.6 Å². The van der Waals surface area contributed by atoms with E-state index in [1.54, 1.807) is 4.90 Å². The molecule has 1 aliphatic carbocycles. The maximum absolute atomic E-state index is 12.8. The number of hydrogen-bond donors (Lipinski definition) is 1. The van der Waals surface area contributed by atoms with Crippen LogP contribution in [0, 0.1) is 5.41 Å². The molecule has 0 aromatic heterocycles. The molecule has 6 nitrogen and oxygen atoms in total. The molecule has 6 heteroatoms. The van der Waals surface area contributed by atoms with Crippen molar-refractivity contribution in [3.63, 3.8) is 0 Å². The van der Waals surface area contributed by atoms with Crippen LogP contribution in [0.3, 0.4) is 0 Å². The molecule has 0 spiro atoms. The molecular weight excluding hydrogens is 354 g/mol. The zero-order valence-corrected chi connectivity index (χ0v) is 15.8. The molecule has 0 radical (unpaired) electrons. The number of benzene rings is 2. The first-order chi connectivity index (χ1) is 13.4. The topological polar surface area (TPSA) is 83.7 Å². The summed E-state index contributed by atoms with van der Waals surface area (Å²) >= 11 is 0. The highest BCUT2D eigenvalue weighted by Gasteiger charge is 2.58. The van der Waals surface area contributed by atoms with Crippen molar-refractivity contribution in [2.45, 2.75) is 25.8 Å². The van der Waals surface area contributed by atoms with Crippen LogP contribution in [0.5, 0.6) is 0 Å². The first-order valence-corrected chi connectivity index (χ1v) is 9.49. The molecule has 2 N–H and O–H groups in total. The summed E-state index contributed by atoms with van der Waals surface area (Å²) in [5, 5.41) is 0. The molecule has 1 saturated heterocycles. The third-order valence-electron chi connectivity index (χ3n) is 5.74. The van der Waals surface area contributed by atoms with E-state index in [1.165, 1.54) is 4.90 Å². The molecule has 0 bridgehead atoms. The lowest BCUT2D eigenvalue weighted by molar-refractivity contribution is -0.148. The maximum atomic E-state index is 12.8. The fourth-order valence-electron chi connectivity index (χ4n) is 3.82. The number of nitrogens with zero attached hydrogens (tertiary/aromatic N) is 2. The molecule has 1 aliphatic heterocycles. The predicted molar refractivity (Wildman–Crippen MR) is 106 cm³/mol. The molecule has 2 aromatic carbocycles. The van der Waals surface area contributed by atoms with Gasteiger partial charge in [-0.15, -0.1) is 0 Å². The van der Waals surface area contributed by atoms with E-state index in [0.29, 0.717) is 19.4 Å². The van der Waals surface area contributed by atoms with E-state index in [9.17, 15) is 14.4 Å². The Balaban J connectivity index is 1.55. The van der Waals surface area contributed by atoms with Crippen molar-refractivity contribution in [2.75, 3.05) is 18.0 Å². The van der Waals surface area contributed by atoms with Crippen molar-refractivity contribution < 1.29 is 14.4 Å². The largest absolute Gasteiger partial charge is 0.369 e. The number of rotatable bonds is 4. The highest BCUT2D eigenvalue weighted by Crippen LogP contribution is 2.47. The minimum atomic E-state index is -1.09.